The number of carbonyl (C=O) groups excluding carboxylic acids is 1. The maximum Gasteiger partial charge on any atom is 0.248 e. The Morgan fingerprint density at radius 1 is 1.58 bits per heavy atom. The van der Waals surface area contributed by atoms with Crippen molar-refractivity contribution in [1.29, 1.82) is 0 Å². The molecule has 1 aromatic rings. The third-order valence-electron chi connectivity index (χ3n) is 1.43. The molecular formula is C8H8FNO2. The van der Waals surface area contributed by atoms with Gasteiger partial charge < -0.3 is 5.73 Å². The topological polar surface area (TPSA) is 52.3 Å². The van der Waals surface area contributed by atoms with E-state index in [-0.39, 0.29) is 6.61 Å². The van der Waals surface area contributed by atoms with Gasteiger partial charge in [0.05, 0.1) is 0 Å². The molecule has 0 bridgehead atoms. The minimum Gasteiger partial charge on any atom is -0.366 e. The zero-order valence-electron chi connectivity index (χ0n) is 6.29. The van der Waals surface area contributed by atoms with E-state index in [1.165, 1.54) is 6.07 Å². The van der Waals surface area contributed by atoms with Crippen LogP contribution in [0.2, 0.25) is 0 Å². The van der Waals surface area contributed by atoms with E-state index in [4.69, 9.17) is 5.73 Å². The number of hydrogen-bond acceptors (Lipinski definition) is 2. The summed E-state index contributed by atoms with van der Waals surface area (Å²) in [6.07, 6.45) is 0. The Morgan fingerprint density at radius 2 is 2.33 bits per heavy atom. The van der Waals surface area contributed by atoms with Crippen LogP contribution in [0.5, 0.6) is 0 Å². The molecule has 0 saturated heterocycles. The Balaban J connectivity index is 2.88. The van der Waals surface area contributed by atoms with E-state index in [1.54, 1.807) is 18.2 Å². The Bertz CT molecular complexity index is 288. The number of hydrogen-bond donors (Lipinski definition) is 1. The van der Waals surface area contributed by atoms with Crippen LogP contribution >= 0.6 is 0 Å². The maximum atomic E-state index is 11.4. The number of amides is 1. The molecule has 0 radical (unpaired) electrons. The van der Waals surface area contributed by atoms with Gasteiger partial charge in [-0.05, 0) is 22.2 Å². The third-order valence-corrected chi connectivity index (χ3v) is 1.43. The van der Waals surface area contributed by atoms with Crippen LogP contribution in [0, 0.1) is 0 Å². The number of rotatable bonds is 3. The molecule has 0 fully saturated rings. The summed E-state index contributed by atoms with van der Waals surface area (Å²) in [5.74, 6) is -0.532. The molecule has 1 amide bonds. The van der Waals surface area contributed by atoms with Crippen molar-refractivity contribution in [3.05, 3.63) is 35.4 Å². The van der Waals surface area contributed by atoms with E-state index in [1.807, 2.05) is 0 Å². The van der Waals surface area contributed by atoms with Crippen molar-refractivity contribution in [2.75, 3.05) is 0 Å². The van der Waals surface area contributed by atoms with Gasteiger partial charge in [-0.25, -0.2) is 0 Å². The van der Waals surface area contributed by atoms with Gasteiger partial charge in [0.1, 0.15) is 6.61 Å². The molecule has 0 aliphatic carbocycles. The molecule has 1 rings (SSSR count). The van der Waals surface area contributed by atoms with E-state index in [2.05, 4.69) is 4.94 Å². The SMILES string of the molecule is NC(=O)c1cccc(COF)c1. The van der Waals surface area contributed by atoms with Crippen molar-refractivity contribution < 1.29 is 14.3 Å². The summed E-state index contributed by atoms with van der Waals surface area (Å²) in [6, 6.07) is 6.31. The molecule has 3 nitrogen and oxygen atoms in total. The Morgan fingerprint density at radius 3 is 2.92 bits per heavy atom. The fourth-order valence-electron chi connectivity index (χ4n) is 0.877. The van der Waals surface area contributed by atoms with Crippen LogP contribution in [-0.4, -0.2) is 5.91 Å². The first kappa shape index (κ1) is 8.67. The lowest BCUT2D eigenvalue weighted by atomic mass is 10.1. The second-order valence-corrected chi connectivity index (χ2v) is 2.32. The van der Waals surface area contributed by atoms with Gasteiger partial charge in [-0.1, -0.05) is 12.1 Å². The average molecular weight is 169 g/mol. The first-order chi connectivity index (χ1) is 5.74. The van der Waals surface area contributed by atoms with Crippen molar-refractivity contribution in [2.24, 2.45) is 5.73 Å². The fourth-order valence-corrected chi connectivity index (χ4v) is 0.877. The second-order valence-electron chi connectivity index (χ2n) is 2.32. The Kier molecular flexibility index (Phi) is 2.76. The quantitative estimate of drug-likeness (QED) is 0.738. The van der Waals surface area contributed by atoms with Crippen LogP contribution in [0.3, 0.4) is 0 Å². The Labute approximate surface area is 68.8 Å². The number of benzene rings is 1. The molecule has 12 heavy (non-hydrogen) atoms. The highest BCUT2D eigenvalue weighted by molar-refractivity contribution is 5.92. The van der Waals surface area contributed by atoms with Crippen LogP contribution in [0.25, 0.3) is 0 Å². The van der Waals surface area contributed by atoms with Crippen molar-refractivity contribution in [3.63, 3.8) is 0 Å². The van der Waals surface area contributed by atoms with Gasteiger partial charge in [0.25, 0.3) is 0 Å². The van der Waals surface area contributed by atoms with Gasteiger partial charge in [0.15, 0.2) is 0 Å². The number of halogens is 1. The lowest BCUT2D eigenvalue weighted by molar-refractivity contribution is -0.144. The van der Waals surface area contributed by atoms with E-state index >= 15 is 0 Å². The summed E-state index contributed by atoms with van der Waals surface area (Å²) in [7, 11) is 0. The van der Waals surface area contributed by atoms with Crippen LogP contribution in [0.4, 0.5) is 4.53 Å². The summed E-state index contributed by atoms with van der Waals surface area (Å²) in [5.41, 5.74) is 5.93. The molecule has 4 heteroatoms. The summed E-state index contributed by atoms with van der Waals surface area (Å²) in [5, 5.41) is 0. The molecule has 0 spiro atoms. The molecule has 0 atom stereocenters. The van der Waals surface area contributed by atoms with E-state index in [0.29, 0.717) is 11.1 Å². The minimum atomic E-state index is -0.532. The molecule has 0 unspecified atom stereocenters. The van der Waals surface area contributed by atoms with Crippen molar-refractivity contribution in [3.8, 4) is 0 Å². The third kappa shape index (κ3) is 2.03. The van der Waals surface area contributed by atoms with Crippen LogP contribution in [-0.2, 0) is 11.5 Å². The molecule has 0 heterocycles. The van der Waals surface area contributed by atoms with Gasteiger partial charge >= 0.3 is 0 Å². The van der Waals surface area contributed by atoms with Crippen LogP contribution in [0.1, 0.15) is 15.9 Å². The standard InChI is InChI=1S/C8H8FNO2/c9-12-5-6-2-1-3-7(4-6)8(10)11/h1-4H,5H2,(H2,10,11). The highest BCUT2D eigenvalue weighted by Gasteiger charge is 2.00. The van der Waals surface area contributed by atoms with Gasteiger partial charge in [-0.2, -0.15) is 4.94 Å². The molecule has 64 valence electrons. The Hall–Kier alpha value is -1.42. The van der Waals surface area contributed by atoms with Crippen molar-refractivity contribution >= 4 is 5.91 Å². The van der Waals surface area contributed by atoms with Gasteiger partial charge in [0, 0.05) is 5.56 Å². The van der Waals surface area contributed by atoms with E-state index < -0.39 is 5.91 Å². The highest BCUT2D eigenvalue weighted by atomic mass is 19.3. The molecule has 0 aliphatic rings. The summed E-state index contributed by atoms with van der Waals surface area (Å²) >= 11 is 0. The first-order valence-corrected chi connectivity index (χ1v) is 3.36. The van der Waals surface area contributed by atoms with Gasteiger partial charge in [-0.15, -0.1) is 0 Å². The monoisotopic (exact) mass is 169 g/mol. The van der Waals surface area contributed by atoms with Crippen molar-refractivity contribution in [2.45, 2.75) is 6.61 Å². The molecule has 1 aromatic carbocycles. The average Bonchev–Trinajstić information content (AvgIpc) is 2.05. The second kappa shape index (κ2) is 3.82. The van der Waals surface area contributed by atoms with Crippen LogP contribution < -0.4 is 5.73 Å². The molecule has 2 N–H and O–H groups in total. The highest BCUT2D eigenvalue weighted by Crippen LogP contribution is 2.05. The van der Waals surface area contributed by atoms with E-state index in [0.717, 1.165) is 0 Å². The molecule has 0 saturated carbocycles. The fraction of sp³-hybridized carbons (Fsp3) is 0.125. The van der Waals surface area contributed by atoms with Crippen molar-refractivity contribution in [1.82, 2.24) is 0 Å². The number of carbonyl (C=O) groups is 1. The van der Waals surface area contributed by atoms with Gasteiger partial charge in [-0.3, -0.25) is 4.79 Å². The molecular weight excluding hydrogens is 161 g/mol. The predicted octanol–water partition coefficient (Wildman–Crippen LogP) is 1.19. The normalized spacial score (nSPS) is 9.75. The largest absolute Gasteiger partial charge is 0.366 e. The number of nitrogens with two attached hydrogens (primary N) is 1. The lowest BCUT2D eigenvalue weighted by Gasteiger charge is -1.98. The minimum absolute atomic E-state index is 0.166. The zero-order chi connectivity index (χ0) is 8.97. The van der Waals surface area contributed by atoms with Gasteiger partial charge in [0.2, 0.25) is 5.91 Å². The maximum absolute atomic E-state index is 11.4. The van der Waals surface area contributed by atoms with E-state index in [9.17, 15) is 9.32 Å². The lowest BCUT2D eigenvalue weighted by Crippen LogP contribution is -2.10. The summed E-state index contributed by atoms with van der Waals surface area (Å²) < 4.78 is 11.4. The first-order valence-electron chi connectivity index (χ1n) is 3.36. The summed E-state index contributed by atoms with van der Waals surface area (Å²) in [4.78, 5) is 14.1. The smallest absolute Gasteiger partial charge is 0.248 e. The molecule has 0 aromatic heterocycles. The summed E-state index contributed by atoms with van der Waals surface area (Å²) in [6.45, 7) is -0.166. The number of primary amides is 1. The predicted molar refractivity (Wildman–Crippen MR) is 40.9 cm³/mol. The van der Waals surface area contributed by atoms with Crippen LogP contribution in [0.15, 0.2) is 24.3 Å². The zero-order valence-corrected chi connectivity index (χ0v) is 6.29. The molecule has 0 aliphatic heterocycles.